The molecule has 2 N–H and O–H groups in total. The maximum absolute atomic E-state index is 9.73. The zero-order valence-corrected chi connectivity index (χ0v) is 8.34. The third-order valence-corrected chi connectivity index (χ3v) is 3.55. The smallest absolute Gasteiger partial charge is 0.0828 e. The van der Waals surface area contributed by atoms with Gasteiger partial charge in [0.05, 0.1) is 12.1 Å². The Morgan fingerprint density at radius 1 is 1.46 bits per heavy atom. The molecule has 0 saturated heterocycles. The highest BCUT2D eigenvalue weighted by Crippen LogP contribution is 2.35. The summed E-state index contributed by atoms with van der Waals surface area (Å²) in [6.45, 7) is 0. The van der Waals surface area contributed by atoms with Gasteiger partial charge in [-0.05, 0) is 18.7 Å². The van der Waals surface area contributed by atoms with Crippen LogP contribution in [-0.2, 0) is 0 Å². The lowest BCUT2D eigenvalue weighted by atomic mass is 10.0. The highest BCUT2D eigenvalue weighted by Gasteiger charge is 2.26. The normalized spacial score (nSPS) is 26.9. The summed E-state index contributed by atoms with van der Waals surface area (Å²) in [4.78, 5) is 1.28. The van der Waals surface area contributed by atoms with Crippen LogP contribution >= 0.6 is 11.8 Å². The average molecular weight is 195 g/mol. The molecule has 1 aliphatic heterocycles. The lowest BCUT2D eigenvalue weighted by molar-refractivity contribution is 0.151. The number of fused-ring (bicyclic) bond motifs is 1. The van der Waals surface area contributed by atoms with Gasteiger partial charge in [0.1, 0.15) is 0 Å². The van der Waals surface area contributed by atoms with Crippen LogP contribution in [0.3, 0.4) is 0 Å². The Morgan fingerprint density at radius 2 is 2.23 bits per heavy atom. The molecule has 0 fully saturated rings. The lowest BCUT2D eigenvalue weighted by Crippen LogP contribution is -2.33. The van der Waals surface area contributed by atoms with E-state index in [1.165, 1.54) is 10.5 Å². The molecule has 3 heteroatoms. The zero-order valence-electron chi connectivity index (χ0n) is 7.53. The van der Waals surface area contributed by atoms with E-state index in [0.29, 0.717) is 0 Å². The molecule has 0 radical (unpaired) electrons. The van der Waals surface area contributed by atoms with Crippen molar-refractivity contribution in [1.29, 1.82) is 0 Å². The number of nitrogens with one attached hydrogen (secondary N) is 1. The predicted octanol–water partition coefficient (Wildman–Crippen LogP) is 1.41. The monoisotopic (exact) mass is 195 g/mol. The van der Waals surface area contributed by atoms with Gasteiger partial charge in [-0.15, -0.1) is 11.8 Å². The van der Waals surface area contributed by atoms with Crippen LogP contribution in [0.1, 0.15) is 11.6 Å². The van der Waals surface area contributed by atoms with Crippen molar-refractivity contribution in [2.45, 2.75) is 17.0 Å². The fraction of sp³-hybridized carbons (Fsp3) is 0.400. The SMILES string of the molecule is CN[C@H]1c2ccccc2SC[C@H]1O. The number of hydrogen-bond acceptors (Lipinski definition) is 3. The number of hydrogen-bond donors (Lipinski definition) is 2. The maximum Gasteiger partial charge on any atom is 0.0828 e. The summed E-state index contributed by atoms with van der Waals surface area (Å²) < 4.78 is 0. The molecule has 0 amide bonds. The molecule has 1 aromatic carbocycles. The molecule has 2 nitrogen and oxygen atoms in total. The van der Waals surface area contributed by atoms with Gasteiger partial charge in [0.2, 0.25) is 0 Å². The molecule has 0 unspecified atom stereocenters. The highest BCUT2D eigenvalue weighted by molar-refractivity contribution is 7.99. The van der Waals surface area contributed by atoms with Crippen molar-refractivity contribution in [2.75, 3.05) is 12.8 Å². The van der Waals surface area contributed by atoms with E-state index >= 15 is 0 Å². The topological polar surface area (TPSA) is 32.3 Å². The van der Waals surface area contributed by atoms with Gasteiger partial charge in [-0.1, -0.05) is 18.2 Å². The first-order valence-electron chi connectivity index (χ1n) is 4.40. The largest absolute Gasteiger partial charge is 0.390 e. The summed E-state index contributed by atoms with van der Waals surface area (Å²) in [5.74, 6) is 0.780. The summed E-state index contributed by atoms with van der Waals surface area (Å²) >= 11 is 1.73. The van der Waals surface area contributed by atoms with Crippen molar-refractivity contribution in [3.63, 3.8) is 0 Å². The fourth-order valence-corrected chi connectivity index (χ4v) is 2.77. The van der Waals surface area contributed by atoms with Gasteiger partial charge in [-0.2, -0.15) is 0 Å². The van der Waals surface area contributed by atoms with Crippen LogP contribution in [-0.4, -0.2) is 24.0 Å². The van der Waals surface area contributed by atoms with Gasteiger partial charge in [-0.3, -0.25) is 0 Å². The van der Waals surface area contributed by atoms with Crippen molar-refractivity contribution < 1.29 is 5.11 Å². The van der Waals surface area contributed by atoms with E-state index in [-0.39, 0.29) is 12.1 Å². The van der Waals surface area contributed by atoms with Crippen LogP contribution in [0.2, 0.25) is 0 Å². The lowest BCUT2D eigenvalue weighted by Gasteiger charge is -2.29. The van der Waals surface area contributed by atoms with E-state index < -0.39 is 0 Å². The molecule has 1 heterocycles. The van der Waals surface area contributed by atoms with Crippen molar-refractivity contribution >= 4 is 11.8 Å². The van der Waals surface area contributed by atoms with E-state index in [4.69, 9.17) is 0 Å². The fourth-order valence-electron chi connectivity index (χ4n) is 1.70. The molecule has 0 spiro atoms. The van der Waals surface area contributed by atoms with Gasteiger partial charge >= 0.3 is 0 Å². The number of benzene rings is 1. The van der Waals surface area contributed by atoms with Crippen LogP contribution in [0.15, 0.2) is 29.2 Å². The molecule has 1 aliphatic rings. The van der Waals surface area contributed by atoms with Crippen LogP contribution in [0.4, 0.5) is 0 Å². The number of aliphatic hydroxyl groups excluding tert-OH is 1. The zero-order chi connectivity index (χ0) is 9.26. The summed E-state index contributed by atoms with van der Waals surface area (Å²) in [5.41, 5.74) is 1.22. The second-order valence-electron chi connectivity index (χ2n) is 3.18. The van der Waals surface area contributed by atoms with Gasteiger partial charge in [0.15, 0.2) is 0 Å². The predicted molar refractivity (Wildman–Crippen MR) is 55.0 cm³/mol. The Kier molecular flexibility index (Phi) is 2.58. The standard InChI is InChI=1S/C10H13NOS/c1-11-10-7-4-2-3-5-9(7)13-6-8(10)12/h2-5,8,10-12H,6H2,1H3/t8-,10+/m1/s1. The maximum atomic E-state index is 9.73. The minimum absolute atomic E-state index is 0.0949. The number of thioether (sulfide) groups is 1. The van der Waals surface area contributed by atoms with E-state index in [9.17, 15) is 5.11 Å². The van der Waals surface area contributed by atoms with E-state index in [2.05, 4.69) is 17.4 Å². The van der Waals surface area contributed by atoms with Crippen molar-refractivity contribution in [1.82, 2.24) is 5.32 Å². The first-order chi connectivity index (χ1) is 6.33. The average Bonchev–Trinajstić information content (AvgIpc) is 2.18. The Hall–Kier alpha value is -0.510. The Bertz CT molecular complexity index is 303. The van der Waals surface area contributed by atoms with Gasteiger partial charge in [0.25, 0.3) is 0 Å². The molecule has 0 aromatic heterocycles. The van der Waals surface area contributed by atoms with Crippen LogP contribution in [0, 0.1) is 0 Å². The van der Waals surface area contributed by atoms with Gasteiger partial charge < -0.3 is 10.4 Å². The summed E-state index contributed by atoms with van der Waals surface area (Å²) in [6.07, 6.45) is -0.273. The Morgan fingerprint density at radius 3 is 3.00 bits per heavy atom. The highest BCUT2D eigenvalue weighted by atomic mass is 32.2. The number of rotatable bonds is 1. The molecule has 0 aliphatic carbocycles. The second kappa shape index (κ2) is 3.70. The molecule has 1 aromatic rings. The van der Waals surface area contributed by atoms with Gasteiger partial charge in [-0.25, -0.2) is 0 Å². The summed E-state index contributed by atoms with van der Waals surface area (Å²) in [6, 6.07) is 8.33. The molecular weight excluding hydrogens is 182 g/mol. The Balaban J connectivity index is 2.39. The van der Waals surface area contributed by atoms with Crippen molar-refractivity contribution in [3.05, 3.63) is 29.8 Å². The van der Waals surface area contributed by atoms with Crippen molar-refractivity contribution in [2.24, 2.45) is 0 Å². The van der Waals surface area contributed by atoms with Crippen molar-refractivity contribution in [3.8, 4) is 0 Å². The first-order valence-corrected chi connectivity index (χ1v) is 5.38. The van der Waals surface area contributed by atoms with Crippen LogP contribution in [0.5, 0.6) is 0 Å². The molecule has 13 heavy (non-hydrogen) atoms. The molecule has 2 atom stereocenters. The summed E-state index contributed by atoms with van der Waals surface area (Å²) in [5, 5.41) is 12.9. The quantitative estimate of drug-likeness (QED) is 0.710. The molecule has 2 rings (SSSR count). The number of likely N-dealkylation sites (N-methyl/N-ethyl adjacent to an activating group) is 1. The summed E-state index contributed by atoms with van der Waals surface area (Å²) in [7, 11) is 1.89. The third kappa shape index (κ3) is 1.59. The minimum atomic E-state index is -0.273. The van der Waals surface area contributed by atoms with E-state index in [0.717, 1.165) is 5.75 Å². The minimum Gasteiger partial charge on any atom is -0.390 e. The van der Waals surface area contributed by atoms with Crippen LogP contribution in [0.25, 0.3) is 0 Å². The van der Waals surface area contributed by atoms with Crippen LogP contribution < -0.4 is 5.32 Å². The number of aliphatic hydroxyl groups is 1. The molecule has 0 saturated carbocycles. The third-order valence-electron chi connectivity index (χ3n) is 2.36. The van der Waals surface area contributed by atoms with E-state index in [1.807, 2.05) is 19.2 Å². The van der Waals surface area contributed by atoms with E-state index in [1.54, 1.807) is 11.8 Å². The second-order valence-corrected chi connectivity index (χ2v) is 4.24. The van der Waals surface area contributed by atoms with Gasteiger partial charge in [0, 0.05) is 10.6 Å². The molecular formula is C10H13NOS. The molecule has 0 bridgehead atoms. The Labute approximate surface area is 82.4 Å². The molecule has 70 valence electrons. The first kappa shape index (κ1) is 9.06.